The topological polar surface area (TPSA) is 61.7 Å². The van der Waals surface area contributed by atoms with Crippen LogP contribution in [0.4, 0.5) is 13.2 Å². The number of likely N-dealkylation sites (tertiary alicyclic amines) is 1. The zero-order valence-electron chi connectivity index (χ0n) is 18.6. The van der Waals surface area contributed by atoms with Crippen molar-refractivity contribution in [1.29, 1.82) is 0 Å². The minimum absolute atomic E-state index is 0.0770. The van der Waals surface area contributed by atoms with E-state index in [4.69, 9.17) is 0 Å². The second-order valence-electron chi connectivity index (χ2n) is 8.66. The molecule has 0 aliphatic carbocycles. The third kappa shape index (κ3) is 5.21. The molecule has 7 nitrogen and oxygen atoms in total. The standard InChI is InChI=1S/C23H28F3N5O2/c1-17-5-7-18(8-6-17)31-21(23(24,25)26)19(15-27-31)22(33)30-13-11-28(12-14-30)16-20(32)29-9-3-2-4-10-29/h5-8,15H,2-4,9-14,16H2,1H3. The lowest BCUT2D eigenvalue weighted by Gasteiger charge is -2.36. The van der Waals surface area contributed by atoms with Crippen molar-refractivity contribution in [2.75, 3.05) is 45.8 Å². The Morgan fingerprint density at radius 1 is 0.909 bits per heavy atom. The molecule has 10 heteroatoms. The van der Waals surface area contributed by atoms with Gasteiger partial charge in [0.2, 0.25) is 5.91 Å². The van der Waals surface area contributed by atoms with Gasteiger partial charge in [0.1, 0.15) is 0 Å². The maximum absolute atomic E-state index is 13.9. The van der Waals surface area contributed by atoms with Crippen LogP contribution in [-0.4, -0.2) is 82.1 Å². The van der Waals surface area contributed by atoms with Crippen LogP contribution >= 0.6 is 0 Å². The number of hydrogen-bond acceptors (Lipinski definition) is 4. The number of rotatable bonds is 4. The molecule has 2 amide bonds. The summed E-state index contributed by atoms with van der Waals surface area (Å²) in [5, 5.41) is 3.89. The summed E-state index contributed by atoms with van der Waals surface area (Å²) in [6.07, 6.45) is -0.561. The lowest BCUT2D eigenvalue weighted by molar-refractivity contribution is -0.143. The molecule has 2 aromatic rings. The average molecular weight is 464 g/mol. The summed E-state index contributed by atoms with van der Waals surface area (Å²) in [7, 11) is 0. The number of alkyl halides is 3. The van der Waals surface area contributed by atoms with Crippen LogP contribution in [0.25, 0.3) is 5.69 Å². The van der Waals surface area contributed by atoms with Crippen molar-refractivity contribution in [1.82, 2.24) is 24.5 Å². The largest absolute Gasteiger partial charge is 0.434 e. The van der Waals surface area contributed by atoms with Gasteiger partial charge in [-0.25, -0.2) is 4.68 Å². The van der Waals surface area contributed by atoms with E-state index in [-0.39, 0.29) is 31.2 Å². The van der Waals surface area contributed by atoms with Gasteiger partial charge in [-0.1, -0.05) is 17.7 Å². The number of aryl methyl sites for hydroxylation is 1. The molecule has 2 saturated heterocycles. The molecule has 1 aromatic carbocycles. The lowest BCUT2D eigenvalue weighted by Crippen LogP contribution is -2.52. The molecular weight excluding hydrogens is 435 g/mol. The highest BCUT2D eigenvalue weighted by molar-refractivity contribution is 5.95. The number of carbonyl (C=O) groups is 2. The number of carbonyl (C=O) groups excluding carboxylic acids is 2. The fraction of sp³-hybridized carbons (Fsp3) is 0.522. The van der Waals surface area contributed by atoms with Crippen LogP contribution in [0.5, 0.6) is 0 Å². The Morgan fingerprint density at radius 2 is 1.55 bits per heavy atom. The van der Waals surface area contributed by atoms with E-state index in [0.29, 0.717) is 13.1 Å². The van der Waals surface area contributed by atoms with E-state index in [2.05, 4.69) is 5.10 Å². The van der Waals surface area contributed by atoms with Crippen molar-refractivity contribution >= 4 is 11.8 Å². The minimum Gasteiger partial charge on any atom is -0.342 e. The zero-order valence-corrected chi connectivity index (χ0v) is 18.6. The zero-order chi connectivity index (χ0) is 23.6. The number of amides is 2. The summed E-state index contributed by atoms with van der Waals surface area (Å²) >= 11 is 0. The van der Waals surface area contributed by atoms with E-state index in [9.17, 15) is 22.8 Å². The lowest BCUT2D eigenvalue weighted by atomic mass is 10.1. The van der Waals surface area contributed by atoms with Gasteiger partial charge in [0.05, 0.1) is 24.0 Å². The van der Waals surface area contributed by atoms with E-state index < -0.39 is 23.3 Å². The van der Waals surface area contributed by atoms with Gasteiger partial charge < -0.3 is 9.80 Å². The van der Waals surface area contributed by atoms with Crippen molar-refractivity contribution < 1.29 is 22.8 Å². The monoisotopic (exact) mass is 463 g/mol. The van der Waals surface area contributed by atoms with E-state index >= 15 is 0 Å². The molecule has 0 bridgehead atoms. The van der Waals surface area contributed by atoms with Crippen molar-refractivity contribution in [3.8, 4) is 5.69 Å². The summed E-state index contributed by atoms with van der Waals surface area (Å²) in [5.74, 6) is -0.615. The maximum atomic E-state index is 13.9. The number of halogens is 3. The van der Waals surface area contributed by atoms with Crippen molar-refractivity contribution in [3.05, 3.63) is 47.3 Å². The molecule has 2 aliphatic rings. The Balaban J connectivity index is 1.44. The Morgan fingerprint density at radius 3 is 2.15 bits per heavy atom. The third-order valence-corrected chi connectivity index (χ3v) is 6.27. The van der Waals surface area contributed by atoms with Crippen LogP contribution < -0.4 is 0 Å². The molecule has 178 valence electrons. The molecule has 0 spiro atoms. The molecule has 0 N–H and O–H groups in total. The Labute approximate surface area is 190 Å². The van der Waals surface area contributed by atoms with Crippen LogP contribution in [0.3, 0.4) is 0 Å². The summed E-state index contributed by atoms with van der Waals surface area (Å²) in [6, 6.07) is 6.49. The Kier molecular flexibility index (Phi) is 6.73. The van der Waals surface area contributed by atoms with Gasteiger partial charge in [-0.3, -0.25) is 14.5 Å². The molecule has 2 fully saturated rings. The third-order valence-electron chi connectivity index (χ3n) is 6.27. The van der Waals surface area contributed by atoms with E-state index in [1.807, 2.05) is 16.7 Å². The fourth-order valence-corrected chi connectivity index (χ4v) is 4.37. The van der Waals surface area contributed by atoms with Gasteiger partial charge in [0.15, 0.2) is 5.69 Å². The second kappa shape index (κ2) is 9.54. The smallest absolute Gasteiger partial charge is 0.342 e. The first-order valence-corrected chi connectivity index (χ1v) is 11.3. The van der Waals surface area contributed by atoms with Crippen LogP contribution in [0.1, 0.15) is 40.9 Å². The van der Waals surface area contributed by atoms with Gasteiger partial charge in [-0.2, -0.15) is 18.3 Å². The number of benzene rings is 1. The number of hydrogen-bond donors (Lipinski definition) is 0. The van der Waals surface area contributed by atoms with Crippen LogP contribution in [0.2, 0.25) is 0 Å². The highest BCUT2D eigenvalue weighted by Gasteiger charge is 2.41. The first kappa shape index (κ1) is 23.3. The second-order valence-corrected chi connectivity index (χ2v) is 8.66. The number of piperazine rings is 1. The molecule has 4 rings (SSSR count). The summed E-state index contributed by atoms with van der Waals surface area (Å²) in [6.45, 7) is 5.09. The molecule has 2 aliphatic heterocycles. The predicted octanol–water partition coefficient (Wildman–Crippen LogP) is 2.97. The summed E-state index contributed by atoms with van der Waals surface area (Å²) in [4.78, 5) is 30.7. The highest BCUT2D eigenvalue weighted by Crippen LogP contribution is 2.34. The number of piperidine rings is 1. The highest BCUT2D eigenvalue weighted by atomic mass is 19.4. The first-order valence-electron chi connectivity index (χ1n) is 11.3. The fourth-order valence-electron chi connectivity index (χ4n) is 4.37. The van der Waals surface area contributed by atoms with Crippen molar-refractivity contribution in [2.24, 2.45) is 0 Å². The molecule has 1 aromatic heterocycles. The molecular formula is C23H28F3N5O2. The average Bonchev–Trinajstić information content (AvgIpc) is 3.26. The number of nitrogens with zero attached hydrogens (tertiary/aromatic N) is 5. The molecule has 0 saturated carbocycles. The van der Waals surface area contributed by atoms with Gasteiger partial charge in [-0.05, 0) is 38.3 Å². The van der Waals surface area contributed by atoms with Crippen molar-refractivity contribution in [2.45, 2.75) is 32.4 Å². The SMILES string of the molecule is Cc1ccc(-n2ncc(C(=O)N3CCN(CC(=O)N4CCCCC4)CC3)c2C(F)(F)F)cc1. The van der Waals surface area contributed by atoms with Gasteiger partial charge >= 0.3 is 6.18 Å². The van der Waals surface area contributed by atoms with Gasteiger partial charge in [0, 0.05) is 39.3 Å². The number of aromatic nitrogens is 2. The molecule has 33 heavy (non-hydrogen) atoms. The van der Waals surface area contributed by atoms with Gasteiger partial charge in [0.25, 0.3) is 5.91 Å². The molecule has 3 heterocycles. The Hall–Kier alpha value is -2.88. The molecule has 0 unspecified atom stereocenters. The normalized spacial score (nSPS) is 17.9. The maximum Gasteiger partial charge on any atom is 0.434 e. The first-order chi connectivity index (χ1) is 15.7. The summed E-state index contributed by atoms with van der Waals surface area (Å²) < 4.78 is 42.6. The summed E-state index contributed by atoms with van der Waals surface area (Å²) in [5.41, 5.74) is -0.375. The van der Waals surface area contributed by atoms with Gasteiger partial charge in [-0.15, -0.1) is 0 Å². The van der Waals surface area contributed by atoms with Crippen LogP contribution in [0.15, 0.2) is 30.5 Å². The van der Waals surface area contributed by atoms with Crippen LogP contribution in [0, 0.1) is 6.92 Å². The molecule has 0 atom stereocenters. The van der Waals surface area contributed by atoms with E-state index in [0.717, 1.165) is 48.8 Å². The van der Waals surface area contributed by atoms with E-state index in [1.54, 1.807) is 24.3 Å². The minimum atomic E-state index is -4.74. The van der Waals surface area contributed by atoms with Crippen molar-refractivity contribution in [3.63, 3.8) is 0 Å². The Bertz CT molecular complexity index is 989. The predicted molar refractivity (Wildman–Crippen MR) is 116 cm³/mol. The van der Waals surface area contributed by atoms with E-state index in [1.165, 1.54) is 4.90 Å². The quantitative estimate of drug-likeness (QED) is 0.700. The van der Waals surface area contributed by atoms with Crippen LogP contribution in [-0.2, 0) is 11.0 Å². The molecule has 0 radical (unpaired) electrons.